The van der Waals surface area contributed by atoms with Gasteiger partial charge in [0.05, 0.1) is 11.8 Å². The van der Waals surface area contributed by atoms with Crippen LogP contribution in [0, 0.1) is 11.3 Å². The van der Waals surface area contributed by atoms with Gasteiger partial charge in [0.15, 0.2) is 0 Å². The zero-order valence-corrected chi connectivity index (χ0v) is 10.7. The molecule has 94 valence electrons. The van der Waals surface area contributed by atoms with Gasteiger partial charge in [0, 0.05) is 5.02 Å². The molecular formula is C12H12ClN3O2. The maximum absolute atomic E-state index is 11.4. The van der Waals surface area contributed by atoms with Crippen LogP contribution < -0.4 is 5.43 Å². The van der Waals surface area contributed by atoms with E-state index in [1.165, 1.54) is 0 Å². The lowest BCUT2D eigenvalue weighted by molar-refractivity contribution is -0.138. The van der Waals surface area contributed by atoms with Crippen molar-refractivity contribution in [3.8, 4) is 6.07 Å². The average molecular weight is 266 g/mol. The minimum atomic E-state index is -0.756. The number of carbonyl (C=O) groups is 1. The van der Waals surface area contributed by atoms with E-state index < -0.39 is 5.97 Å². The molecule has 6 heteroatoms. The minimum absolute atomic E-state index is 0.299. The number of nitriles is 1. The van der Waals surface area contributed by atoms with Crippen molar-refractivity contribution in [1.82, 2.24) is 0 Å². The zero-order chi connectivity index (χ0) is 13.5. The summed E-state index contributed by atoms with van der Waals surface area (Å²) in [6, 6.07) is 8.36. The van der Waals surface area contributed by atoms with Gasteiger partial charge in [0.2, 0.25) is 5.71 Å². The van der Waals surface area contributed by atoms with Crippen LogP contribution in [-0.4, -0.2) is 17.8 Å². The first-order chi connectivity index (χ1) is 8.52. The van der Waals surface area contributed by atoms with E-state index >= 15 is 0 Å². The predicted octanol–water partition coefficient (Wildman–Crippen LogP) is 2.58. The van der Waals surface area contributed by atoms with Gasteiger partial charge in [0.1, 0.15) is 6.07 Å². The summed E-state index contributed by atoms with van der Waals surface area (Å²) >= 11 is 5.72. The molecule has 0 aliphatic heterocycles. The van der Waals surface area contributed by atoms with Gasteiger partial charge in [-0.15, -0.1) is 0 Å². The molecule has 0 atom stereocenters. The summed E-state index contributed by atoms with van der Waals surface area (Å²) in [5.41, 5.74) is 2.86. The number of halogens is 1. The van der Waals surface area contributed by atoms with E-state index in [0.717, 1.165) is 0 Å². The topological polar surface area (TPSA) is 74.5 Å². The zero-order valence-electron chi connectivity index (χ0n) is 9.98. The van der Waals surface area contributed by atoms with E-state index in [0.29, 0.717) is 10.7 Å². The highest BCUT2D eigenvalue weighted by atomic mass is 35.5. The number of nitrogens with zero attached hydrogens (tertiary/aromatic N) is 2. The summed E-state index contributed by atoms with van der Waals surface area (Å²) < 4.78 is 4.86. The van der Waals surface area contributed by atoms with Crippen molar-refractivity contribution >= 4 is 29.0 Å². The SMILES string of the molecule is CC(C)OC(=O)/C(C#N)=N\Nc1ccc(Cl)cc1. The molecular weight excluding hydrogens is 254 g/mol. The normalized spacial score (nSPS) is 10.9. The second-order valence-corrected chi connectivity index (χ2v) is 4.08. The largest absolute Gasteiger partial charge is 0.458 e. The third-order valence-electron chi connectivity index (χ3n) is 1.78. The highest BCUT2D eigenvalue weighted by Gasteiger charge is 2.14. The van der Waals surface area contributed by atoms with E-state index in [1.54, 1.807) is 44.2 Å². The standard InChI is InChI=1S/C12H12ClN3O2/c1-8(2)18-12(17)11(7-14)16-15-10-5-3-9(13)4-6-10/h3-6,8,15H,1-2H3/b16-11-. The Balaban J connectivity index is 2.72. The lowest BCUT2D eigenvalue weighted by Crippen LogP contribution is -2.20. The van der Waals surface area contributed by atoms with E-state index in [9.17, 15) is 4.79 Å². The van der Waals surface area contributed by atoms with Crippen molar-refractivity contribution < 1.29 is 9.53 Å². The molecule has 0 aliphatic rings. The van der Waals surface area contributed by atoms with Crippen molar-refractivity contribution in [1.29, 1.82) is 5.26 Å². The van der Waals surface area contributed by atoms with Gasteiger partial charge < -0.3 is 4.74 Å². The van der Waals surface area contributed by atoms with Crippen LogP contribution in [0.3, 0.4) is 0 Å². The van der Waals surface area contributed by atoms with Crippen LogP contribution in [0.4, 0.5) is 5.69 Å². The summed E-state index contributed by atoms with van der Waals surface area (Å²) in [5.74, 6) is -0.756. The molecule has 0 saturated heterocycles. The van der Waals surface area contributed by atoms with Crippen LogP contribution in [-0.2, 0) is 9.53 Å². The molecule has 1 N–H and O–H groups in total. The number of carbonyl (C=O) groups excluding carboxylic acids is 1. The fourth-order valence-electron chi connectivity index (χ4n) is 1.03. The number of hydrogen-bond donors (Lipinski definition) is 1. The maximum atomic E-state index is 11.4. The van der Waals surface area contributed by atoms with Crippen LogP contribution in [0.1, 0.15) is 13.8 Å². The predicted molar refractivity (Wildman–Crippen MR) is 69.4 cm³/mol. The Kier molecular flexibility index (Phi) is 5.15. The minimum Gasteiger partial charge on any atom is -0.458 e. The number of ether oxygens (including phenoxy) is 1. The maximum Gasteiger partial charge on any atom is 0.370 e. The number of rotatable bonds is 4. The number of benzene rings is 1. The van der Waals surface area contributed by atoms with Crippen molar-refractivity contribution in [2.24, 2.45) is 5.10 Å². The molecule has 0 bridgehead atoms. The van der Waals surface area contributed by atoms with Gasteiger partial charge in [-0.25, -0.2) is 4.79 Å². The van der Waals surface area contributed by atoms with Gasteiger partial charge in [-0.3, -0.25) is 5.43 Å². The molecule has 0 unspecified atom stereocenters. The van der Waals surface area contributed by atoms with Crippen molar-refractivity contribution in [2.45, 2.75) is 20.0 Å². The van der Waals surface area contributed by atoms with E-state index in [1.807, 2.05) is 0 Å². The number of anilines is 1. The van der Waals surface area contributed by atoms with Gasteiger partial charge in [-0.05, 0) is 38.1 Å². The molecule has 1 aromatic carbocycles. The summed E-state index contributed by atoms with van der Waals surface area (Å²) in [7, 11) is 0. The molecule has 0 amide bonds. The summed E-state index contributed by atoms with van der Waals surface area (Å²) in [5, 5.41) is 13.1. The molecule has 0 saturated carbocycles. The number of hydrazone groups is 1. The first-order valence-corrected chi connectivity index (χ1v) is 5.61. The molecule has 1 aromatic rings. The molecule has 18 heavy (non-hydrogen) atoms. The first-order valence-electron chi connectivity index (χ1n) is 5.23. The molecule has 0 spiro atoms. The summed E-state index contributed by atoms with van der Waals surface area (Å²) in [4.78, 5) is 11.4. The third-order valence-corrected chi connectivity index (χ3v) is 2.03. The second kappa shape index (κ2) is 6.62. The van der Waals surface area contributed by atoms with Gasteiger partial charge in [-0.2, -0.15) is 10.4 Å². The lowest BCUT2D eigenvalue weighted by Gasteiger charge is -2.06. The van der Waals surface area contributed by atoms with Crippen molar-refractivity contribution in [2.75, 3.05) is 5.43 Å². The van der Waals surface area contributed by atoms with Crippen LogP contribution in [0.2, 0.25) is 5.02 Å². The molecule has 0 aromatic heterocycles. The molecule has 5 nitrogen and oxygen atoms in total. The Morgan fingerprint density at radius 1 is 1.44 bits per heavy atom. The van der Waals surface area contributed by atoms with Crippen molar-refractivity contribution in [3.63, 3.8) is 0 Å². The number of hydrogen-bond acceptors (Lipinski definition) is 5. The summed E-state index contributed by atoms with van der Waals surface area (Å²) in [6.45, 7) is 3.39. The first kappa shape index (κ1) is 14.0. The monoisotopic (exact) mass is 265 g/mol. The Labute approximate surface area is 110 Å². The average Bonchev–Trinajstić information content (AvgIpc) is 2.31. The quantitative estimate of drug-likeness (QED) is 0.516. The smallest absolute Gasteiger partial charge is 0.370 e. The van der Waals surface area contributed by atoms with Crippen LogP contribution in [0.15, 0.2) is 29.4 Å². The highest BCUT2D eigenvalue weighted by molar-refractivity contribution is 6.43. The number of esters is 1. The third kappa shape index (κ3) is 4.44. The van der Waals surface area contributed by atoms with Crippen LogP contribution in [0.25, 0.3) is 0 Å². The molecule has 0 radical (unpaired) electrons. The van der Waals surface area contributed by atoms with Crippen molar-refractivity contribution in [3.05, 3.63) is 29.3 Å². The van der Waals surface area contributed by atoms with E-state index in [2.05, 4.69) is 10.5 Å². The Morgan fingerprint density at radius 3 is 2.56 bits per heavy atom. The lowest BCUT2D eigenvalue weighted by atomic mass is 10.3. The molecule has 0 aliphatic carbocycles. The van der Waals surface area contributed by atoms with Gasteiger partial charge >= 0.3 is 5.97 Å². The van der Waals surface area contributed by atoms with E-state index in [4.69, 9.17) is 21.6 Å². The Bertz CT molecular complexity index is 489. The van der Waals surface area contributed by atoms with Gasteiger partial charge in [0.25, 0.3) is 0 Å². The summed E-state index contributed by atoms with van der Waals surface area (Å²) in [6.07, 6.45) is -0.299. The fraction of sp³-hybridized carbons (Fsp3) is 0.250. The van der Waals surface area contributed by atoms with Crippen LogP contribution in [0.5, 0.6) is 0 Å². The molecule has 1 rings (SSSR count). The fourth-order valence-corrected chi connectivity index (χ4v) is 1.16. The number of nitrogens with one attached hydrogen (secondary N) is 1. The second-order valence-electron chi connectivity index (χ2n) is 3.64. The molecule has 0 heterocycles. The Morgan fingerprint density at radius 2 is 2.06 bits per heavy atom. The van der Waals surface area contributed by atoms with Gasteiger partial charge in [-0.1, -0.05) is 11.6 Å². The highest BCUT2D eigenvalue weighted by Crippen LogP contribution is 2.13. The van der Waals surface area contributed by atoms with Crippen LogP contribution >= 0.6 is 11.6 Å². The Hall–Kier alpha value is -2.06. The van der Waals surface area contributed by atoms with E-state index in [-0.39, 0.29) is 11.8 Å². The molecule has 0 fully saturated rings.